The van der Waals surface area contributed by atoms with E-state index in [0.29, 0.717) is 0 Å². The molecule has 23 heavy (non-hydrogen) atoms. The van der Waals surface area contributed by atoms with Crippen LogP contribution in [-0.2, 0) is 0 Å². The van der Waals surface area contributed by atoms with E-state index in [4.69, 9.17) is 4.74 Å². The van der Waals surface area contributed by atoms with Crippen LogP contribution < -0.4 is 15.0 Å². The number of nitrogens with one attached hydrogen (secondary N) is 1. The first-order valence-electron chi connectivity index (χ1n) is 8.32. The maximum absolute atomic E-state index is 5.66. The third kappa shape index (κ3) is 4.34. The summed E-state index contributed by atoms with van der Waals surface area (Å²) in [7, 11) is 0. The summed E-state index contributed by atoms with van der Waals surface area (Å²) in [4.78, 5) is 11.3. The molecule has 0 saturated carbocycles. The van der Waals surface area contributed by atoms with Crippen LogP contribution >= 0.6 is 0 Å². The van der Waals surface area contributed by atoms with Gasteiger partial charge in [-0.25, -0.2) is 4.98 Å². The first-order valence-corrected chi connectivity index (χ1v) is 8.32. The predicted octanol–water partition coefficient (Wildman–Crippen LogP) is 4.00. The summed E-state index contributed by atoms with van der Waals surface area (Å²) in [6.45, 7) is 6.14. The van der Waals surface area contributed by atoms with Crippen LogP contribution in [0.1, 0.15) is 33.1 Å². The Balaban J connectivity index is 1.67. The van der Waals surface area contributed by atoms with E-state index in [1.54, 1.807) is 0 Å². The fourth-order valence-electron chi connectivity index (χ4n) is 2.70. The summed E-state index contributed by atoms with van der Waals surface area (Å²) < 4.78 is 5.66. The summed E-state index contributed by atoms with van der Waals surface area (Å²) in [5.74, 6) is 2.51. The molecule has 0 bridgehead atoms. The second-order valence-electron chi connectivity index (χ2n) is 6.11. The summed E-state index contributed by atoms with van der Waals surface area (Å²) in [6, 6.07) is 9.83. The number of aromatic nitrogens is 2. The lowest BCUT2D eigenvalue weighted by Crippen LogP contribution is -2.31. The zero-order valence-electron chi connectivity index (χ0n) is 13.8. The van der Waals surface area contributed by atoms with Crippen molar-refractivity contribution in [2.45, 2.75) is 39.2 Å². The molecule has 0 atom stereocenters. The highest BCUT2D eigenvalue weighted by Gasteiger charge is 2.13. The average molecular weight is 312 g/mol. The maximum atomic E-state index is 5.66. The molecule has 2 aromatic rings. The van der Waals surface area contributed by atoms with Crippen LogP contribution in [0, 0.1) is 0 Å². The van der Waals surface area contributed by atoms with Gasteiger partial charge >= 0.3 is 0 Å². The molecule has 5 nitrogen and oxygen atoms in total. The first kappa shape index (κ1) is 15.6. The molecule has 1 fully saturated rings. The molecule has 1 saturated heterocycles. The van der Waals surface area contributed by atoms with Gasteiger partial charge in [0.25, 0.3) is 0 Å². The largest absolute Gasteiger partial charge is 0.491 e. The van der Waals surface area contributed by atoms with Gasteiger partial charge in [0.15, 0.2) is 0 Å². The van der Waals surface area contributed by atoms with Crippen LogP contribution in [0.3, 0.4) is 0 Å². The van der Waals surface area contributed by atoms with Crippen molar-refractivity contribution in [1.82, 2.24) is 9.97 Å². The molecule has 2 heterocycles. The van der Waals surface area contributed by atoms with Gasteiger partial charge in [0, 0.05) is 25.0 Å². The summed E-state index contributed by atoms with van der Waals surface area (Å²) in [6.07, 6.45) is 5.74. The van der Waals surface area contributed by atoms with Crippen molar-refractivity contribution < 1.29 is 4.74 Å². The molecule has 0 spiro atoms. The number of ether oxygens (including phenoxy) is 1. The second kappa shape index (κ2) is 7.31. The molecule has 1 aliphatic rings. The van der Waals surface area contributed by atoms with Crippen molar-refractivity contribution in [2.75, 3.05) is 23.3 Å². The van der Waals surface area contributed by atoms with Gasteiger partial charge in [-0.05, 0) is 63.4 Å². The highest BCUT2D eigenvalue weighted by molar-refractivity contribution is 5.58. The topological polar surface area (TPSA) is 50.3 Å². The van der Waals surface area contributed by atoms with Crippen LogP contribution in [0.25, 0.3) is 0 Å². The van der Waals surface area contributed by atoms with E-state index in [1.807, 2.05) is 50.4 Å². The summed E-state index contributed by atoms with van der Waals surface area (Å²) >= 11 is 0. The maximum Gasteiger partial charge on any atom is 0.227 e. The van der Waals surface area contributed by atoms with E-state index >= 15 is 0 Å². The molecule has 1 aliphatic heterocycles. The Hall–Kier alpha value is -2.30. The van der Waals surface area contributed by atoms with Crippen molar-refractivity contribution in [3.63, 3.8) is 0 Å². The number of hydrogen-bond donors (Lipinski definition) is 1. The Morgan fingerprint density at radius 3 is 2.48 bits per heavy atom. The third-order valence-corrected chi connectivity index (χ3v) is 3.78. The van der Waals surface area contributed by atoms with Gasteiger partial charge in [0.05, 0.1) is 6.10 Å². The molecule has 1 N–H and O–H groups in total. The van der Waals surface area contributed by atoms with E-state index in [0.717, 1.165) is 36.3 Å². The zero-order valence-corrected chi connectivity index (χ0v) is 13.8. The molecule has 1 aromatic heterocycles. The summed E-state index contributed by atoms with van der Waals surface area (Å²) in [5, 5.41) is 3.33. The Bertz CT molecular complexity index is 621. The second-order valence-corrected chi connectivity index (χ2v) is 6.11. The van der Waals surface area contributed by atoms with Crippen molar-refractivity contribution in [1.29, 1.82) is 0 Å². The normalized spacial score (nSPS) is 14.8. The fraction of sp³-hybridized carbons (Fsp3) is 0.444. The molecule has 1 aromatic carbocycles. The predicted molar refractivity (Wildman–Crippen MR) is 93.6 cm³/mol. The Morgan fingerprint density at radius 2 is 1.78 bits per heavy atom. The number of piperidine rings is 1. The van der Waals surface area contributed by atoms with E-state index in [9.17, 15) is 0 Å². The van der Waals surface area contributed by atoms with Crippen molar-refractivity contribution >= 4 is 17.5 Å². The fourth-order valence-corrected chi connectivity index (χ4v) is 2.70. The number of hydrogen-bond acceptors (Lipinski definition) is 5. The summed E-state index contributed by atoms with van der Waals surface area (Å²) in [5.41, 5.74) is 0.990. The molecular formula is C18H24N4O. The van der Waals surface area contributed by atoms with E-state index in [2.05, 4.69) is 20.2 Å². The Morgan fingerprint density at radius 1 is 1.04 bits per heavy atom. The van der Waals surface area contributed by atoms with Crippen molar-refractivity contribution in [3.05, 3.63) is 36.5 Å². The van der Waals surface area contributed by atoms with Gasteiger partial charge in [0.1, 0.15) is 11.6 Å². The molecule has 0 unspecified atom stereocenters. The van der Waals surface area contributed by atoms with Gasteiger partial charge in [0.2, 0.25) is 5.95 Å². The molecule has 0 aliphatic carbocycles. The van der Waals surface area contributed by atoms with Gasteiger partial charge in [-0.1, -0.05) is 0 Å². The van der Waals surface area contributed by atoms with E-state index in [-0.39, 0.29) is 6.10 Å². The molecule has 0 amide bonds. The van der Waals surface area contributed by atoms with Gasteiger partial charge in [-0.15, -0.1) is 0 Å². The Kier molecular flexibility index (Phi) is 4.95. The van der Waals surface area contributed by atoms with Gasteiger partial charge in [-0.3, -0.25) is 0 Å². The molecule has 5 heteroatoms. The zero-order chi connectivity index (χ0) is 16.1. The minimum absolute atomic E-state index is 0.183. The lowest BCUT2D eigenvalue weighted by molar-refractivity contribution is 0.242. The quantitative estimate of drug-likeness (QED) is 0.904. The van der Waals surface area contributed by atoms with E-state index < -0.39 is 0 Å². The number of anilines is 3. The Labute approximate surface area is 137 Å². The molecular weight excluding hydrogens is 288 g/mol. The standard InChI is InChI=1S/C18H24N4O/c1-14(2)23-16-8-6-15(7-9-16)20-17-10-11-19-18(21-17)22-12-4-3-5-13-22/h6-11,14H,3-5,12-13H2,1-2H3,(H,19,20,21). The number of nitrogens with zero attached hydrogens (tertiary/aromatic N) is 3. The van der Waals surface area contributed by atoms with Crippen molar-refractivity contribution in [2.24, 2.45) is 0 Å². The van der Waals surface area contributed by atoms with Crippen LogP contribution in [0.2, 0.25) is 0 Å². The number of rotatable bonds is 5. The third-order valence-electron chi connectivity index (χ3n) is 3.78. The number of benzene rings is 1. The lowest BCUT2D eigenvalue weighted by Gasteiger charge is -2.26. The average Bonchev–Trinajstić information content (AvgIpc) is 2.57. The van der Waals surface area contributed by atoms with Crippen LogP contribution in [-0.4, -0.2) is 29.2 Å². The van der Waals surface area contributed by atoms with Gasteiger partial charge < -0.3 is 15.0 Å². The molecule has 0 radical (unpaired) electrons. The molecule has 122 valence electrons. The lowest BCUT2D eigenvalue weighted by atomic mass is 10.1. The van der Waals surface area contributed by atoms with Crippen molar-refractivity contribution in [3.8, 4) is 5.75 Å². The van der Waals surface area contributed by atoms with E-state index in [1.165, 1.54) is 19.3 Å². The smallest absolute Gasteiger partial charge is 0.227 e. The van der Waals surface area contributed by atoms with Crippen LogP contribution in [0.4, 0.5) is 17.5 Å². The van der Waals surface area contributed by atoms with Gasteiger partial charge in [-0.2, -0.15) is 4.98 Å². The highest BCUT2D eigenvalue weighted by Crippen LogP contribution is 2.21. The first-order chi connectivity index (χ1) is 11.2. The van der Waals surface area contributed by atoms with Crippen LogP contribution in [0.15, 0.2) is 36.5 Å². The monoisotopic (exact) mass is 312 g/mol. The minimum Gasteiger partial charge on any atom is -0.491 e. The minimum atomic E-state index is 0.183. The molecule has 3 rings (SSSR count). The SMILES string of the molecule is CC(C)Oc1ccc(Nc2ccnc(N3CCCCC3)n2)cc1. The van der Waals surface area contributed by atoms with Crippen LogP contribution in [0.5, 0.6) is 5.75 Å². The highest BCUT2D eigenvalue weighted by atomic mass is 16.5.